The second-order valence-corrected chi connectivity index (χ2v) is 6.97. The van der Waals surface area contributed by atoms with Crippen molar-refractivity contribution in [1.82, 2.24) is 9.55 Å². The number of para-hydroxylation sites is 1. The lowest BCUT2D eigenvalue weighted by Crippen LogP contribution is -2.18. The topological polar surface area (TPSA) is 17.8 Å². The van der Waals surface area contributed by atoms with Crippen LogP contribution in [0.4, 0.5) is 0 Å². The van der Waals surface area contributed by atoms with Crippen molar-refractivity contribution in [3.63, 3.8) is 0 Å². The van der Waals surface area contributed by atoms with Crippen molar-refractivity contribution in [2.24, 2.45) is 11.8 Å². The molecular formula is C16H18Cl2N2. The van der Waals surface area contributed by atoms with Crippen LogP contribution >= 0.6 is 23.2 Å². The maximum absolute atomic E-state index is 6.46. The smallest absolute Gasteiger partial charge is 0.111 e. The van der Waals surface area contributed by atoms with E-state index in [1.165, 1.54) is 25.7 Å². The molecule has 2 saturated carbocycles. The van der Waals surface area contributed by atoms with E-state index in [2.05, 4.69) is 10.6 Å². The third-order valence-corrected chi connectivity index (χ3v) is 5.58. The first-order chi connectivity index (χ1) is 9.78. The van der Waals surface area contributed by atoms with E-state index in [0.717, 1.165) is 40.1 Å². The van der Waals surface area contributed by atoms with E-state index in [1.807, 2.05) is 12.1 Å². The van der Waals surface area contributed by atoms with Gasteiger partial charge in [0.25, 0.3) is 0 Å². The minimum absolute atomic E-state index is 0.580. The Labute approximate surface area is 129 Å². The normalized spacial score (nSPS) is 28.6. The van der Waals surface area contributed by atoms with E-state index in [0.29, 0.717) is 11.9 Å². The van der Waals surface area contributed by atoms with E-state index in [1.54, 1.807) is 0 Å². The minimum atomic E-state index is 0.580. The molecule has 2 bridgehead atoms. The summed E-state index contributed by atoms with van der Waals surface area (Å²) in [7, 11) is 0. The van der Waals surface area contributed by atoms with E-state index in [4.69, 9.17) is 28.2 Å². The van der Waals surface area contributed by atoms with Gasteiger partial charge in [-0.25, -0.2) is 4.98 Å². The van der Waals surface area contributed by atoms with Crippen LogP contribution in [-0.2, 0) is 6.42 Å². The van der Waals surface area contributed by atoms with E-state index >= 15 is 0 Å². The van der Waals surface area contributed by atoms with Crippen molar-refractivity contribution in [2.75, 3.05) is 5.88 Å². The second-order valence-electron chi connectivity index (χ2n) is 6.19. The zero-order chi connectivity index (χ0) is 13.7. The maximum atomic E-state index is 6.46. The largest absolute Gasteiger partial charge is 0.323 e. The number of fused-ring (bicyclic) bond motifs is 3. The van der Waals surface area contributed by atoms with Gasteiger partial charge in [-0.3, -0.25) is 0 Å². The molecule has 20 heavy (non-hydrogen) atoms. The van der Waals surface area contributed by atoms with Crippen LogP contribution in [0, 0.1) is 11.8 Å². The standard InChI is InChI=1S/C16H18Cl2N2/c17-7-6-15-19-13-3-1-2-12(18)16(13)20(15)14-9-10-4-5-11(14)8-10/h1-3,10-11,14H,4-9H2. The summed E-state index contributed by atoms with van der Waals surface area (Å²) in [6.45, 7) is 0. The maximum Gasteiger partial charge on any atom is 0.111 e. The highest BCUT2D eigenvalue weighted by Gasteiger charge is 2.41. The number of alkyl halides is 1. The summed E-state index contributed by atoms with van der Waals surface area (Å²) in [6.07, 6.45) is 6.26. The first-order valence-electron chi connectivity index (χ1n) is 7.49. The first-order valence-corrected chi connectivity index (χ1v) is 8.40. The molecule has 0 saturated heterocycles. The number of imidazole rings is 1. The van der Waals surface area contributed by atoms with Gasteiger partial charge in [-0.15, -0.1) is 11.6 Å². The van der Waals surface area contributed by atoms with Crippen LogP contribution < -0.4 is 0 Å². The van der Waals surface area contributed by atoms with Gasteiger partial charge >= 0.3 is 0 Å². The molecule has 106 valence electrons. The molecule has 2 fully saturated rings. The van der Waals surface area contributed by atoms with Crippen LogP contribution in [0.25, 0.3) is 11.0 Å². The third-order valence-electron chi connectivity index (χ3n) is 5.08. The summed E-state index contributed by atoms with van der Waals surface area (Å²) >= 11 is 12.4. The van der Waals surface area contributed by atoms with Crippen LogP contribution in [0.3, 0.4) is 0 Å². The Bertz CT molecular complexity index is 649. The molecule has 2 aliphatic carbocycles. The average Bonchev–Trinajstić information content (AvgIpc) is 3.11. The minimum Gasteiger partial charge on any atom is -0.323 e. The molecule has 1 heterocycles. The molecule has 2 aromatic rings. The summed E-state index contributed by atoms with van der Waals surface area (Å²) in [5, 5.41) is 0.818. The highest BCUT2D eigenvalue weighted by atomic mass is 35.5. The first kappa shape index (κ1) is 13.0. The number of rotatable bonds is 3. The quantitative estimate of drug-likeness (QED) is 0.742. The lowest BCUT2D eigenvalue weighted by atomic mass is 9.95. The molecule has 4 heteroatoms. The lowest BCUT2D eigenvalue weighted by molar-refractivity contribution is 0.329. The number of nitrogens with zero attached hydrogens (tertiary/aromatic N) is 2. The molecule has 1 aromatic heterocycles. The van der Waals surface area contributed by atoms with Gasteiger partial charge in [0.2, 0.25) is 0 Å². The summed E-state index contributed by atoms with van der Waals surface area (Å²) in [6, 6.07) is 6.59. The molecule has 1 aromatic carbocycles. The Morgan fingerprint density at radius 1 is 1.25 bits per heavy atom. The molecule has 0 aliphatic heterocycles. The molecule has 0 amide bonds. The molecular weight excluding hydrogens is 291 g/mol. The van der Waals surface area contributed by atoms with Gasteiger partial charge in [0.1, 0.15) is 5.82 Å². The fourth-order valence-electron chi connectivity index (χ4n) is 4.30. The predicted molar refractivity (Wildman–Crippen MR) is 83.7 cm³/mol. The molecule has 0 spiro atoms. The zero-order valence-electron chi connectivity index (χ0n) is 11.4. The van der Waals surface area contributed by atoms with Crippen LogP contribution in [0.5, 0.6) is 0 Å². The summed E-state index contributed by atoms with van der Waals surface area (Å²) in [5.74, 6) is 3.44. The van der Waals surface area contributed by atoms with E-state index in [-0.39, 0.29) is 0 Å². The molecule has 4 rings (SSSR count). The van der Waals surface area contributed by atoms with Crippen molar-refractivity contribution in [2.45, 2.75) is 38.1 Å². The van der Waals surface area contributed by atoms with Gasteiger partial charge in [-0.05, 0) is 43.2 Å². The number of benzene rings is 1. The highest BCUT2D eigenvalue weighted by molar-refractivity contribution is 6.35. The number of hydrogen-bond donors (Lipinski definition) is 0. The third kappa shape index (κ3) is 1.88. The van der Waals surface area contributed by atoms with Crippen molar-refractivity contribution in [3.05, 3.63) is 29.0 Å². The predicted octanol–water partition coefficient (Wildman–Crippen LogP) is 4.83. The molecule has 3 unspecified atom stereocenters. The van der Waals surface area contributed by atoms with E-state index < -0.39 is 0 Å². The summed E-state index contributed by atoms with van der Waals surface area (Å²) in [5.41, 5.74) is 2.13. The van der Waals surface area contributed by atoms with Gasteiger partial charge in [0, 0.05) is 18.3 Å². The zero-order valence-corrected chi connectivity index (χ0v) is 12.9. The summed E-state index contributed by atoms with van der Waals surface area (Å²) < 4.78 is 2.42. The monoisotopic (exact) mass is 308 g/mol. The van der Waals surface area contributed by atoms with E-state index in [9.17, 15) is 0 Å². The summed E-state index contributed by atoms with van der Waals surface area (Å²) in [4.78, 5) is 4.79. The number of hydrogen-bond acceptors (Lipinski definition) is 1. The Balaban J connectivity index is 1.89. The molecule has 3 atom stereocenters. The Morgan fingerprint density at radius 3 is 2.85 bits per heavy atom. The van der Waals surface area contributed by atoms with Crippen LogP contribution in [-0.4, -0.2) is 15.4 Å². The number of aromatic nitrogens is 2. The highest BCUT2D eigenvalue weighted by Crippen LogP contribution is 2.52. The van der Waals surface area contributed by atoms with Gasteiger partial charge in [-0.2, -0.15) is 0 Å². The fraction of sp³-hybridized carbons (Fsp3) is 0.562. The second kappa shape index (κ2) is 4.92. The Hall–Kier alpha value is -0.730. The number of aryl methyl sites for hydroxylation is 1. The lowest BCUT2D eigenvalue weighted by Gasteiger charge is -2.26. The average molecular weight is 309 g/mol. The van der Waals surface area contributed by atoms with Crippen LogP contribution in [0.2, 0.25) is 5.02 Å². The van der Waals surface area contributed by atoms with Crippen LogP contribution in [0.15, 0.2) is 18.2 Å². The van der Waals surface area contributed by atoms with Crippen molar-refractivity contribution < 1.29 is 0 Å². The van der Waals surface area contributed by atoms with Gasteiger partial charge in [0.15, 0.2) is 0 Å². The Kier molecular flexibility index (Phi) is 3.19. The number of halogens is 2. The fourth-order valence-corrected chi connectivity index (χ4v) is 4.73. The van der Waals surface area contributed by atoms with Gasteiger partial charge < -0.3 is 4.57 Å². The van der Waals surface area contributed by atoms with Crippen molar-refractivity contribution in [1.29, 1.82) is 0 Å². The molecule has 2 nitrogen and oxygen atoms in total. The molecule has 0 N–H and O–H groups in total. The van der Waals surface area contributed by atoms with Crippen molar-refractivity contribution >= 4 is 34.2 Å². The van der Waals surface area contributed by atoms with Crippen LogP contribution in [0.1, 0.15) is 37.5 Å². The van der Waals surface area contributed by atoms with Gasteiger partial charge in [-0.1, -0.05) is 24.1 Å². The molecule has 0 radical (unpaired) electrons. The SMILES string of the molecule is ClCCc1nc2cccc(Cl)c2n1C1CC2CCC1C2. The Morgan fingerprint density at radius 2 is 2.15 bits per heavy atom. The van der Waals surface area contributed by atoms with Gasteiger partial charge in [0.05, 0.1) is 16.1 Å². The molecule has 2 aliphatic rings. The van der Waals surface area contributed by atoms with Crippen molar-refractivity contribution in [3.8, 4) is 0 Å².